The van der Waals surface area contributed by atoms with Gasteiger partial charge < -0.3 is 15.0 Å². The Morgan fingerprint density at radius 2 is 2.05 bits per heavy atom. The van der Waals surface area contributed by atoms with Crippen molar-refractivity contribution in [1.82, 2.24) is 4.90 Å². The molecule has 4 heteroatoms. The highest BCUT2D eigenvalue weighted by molar-refractivity contribution is 5.92. The highest BCUT2D eigenvalue weighted by Crippen LogP contribution is 2.23. The van der Waals surface area contributed by atoms with Crippen LogP contribution in [0.2, 0.25) is 0 Å². The molecule has 1 unspecified atom stereocenters. The predicted molar refractivity (Wildman–Crippen MR) is 76.1 cm³/mol. The Balaban J connectivity index is 2.00. The SMILES string of the molecule is CC(C)C(=O)Nc1ccc(C2CN(C)CCO2)cc1. The Kier molecular flexibility index (Phi) is 4.56. The molecule has 1 aromatic carbocycles. The summed E-state index contributed by atoms with van der Waals surface area (Å²) in [6, 6.07) is 7.93. The summed E-state index contributed by atoms with van der Waals surface area (Å²) in [5.74, 6) is 0.0383. The normalized spacial score (nSPS) is 20.5. The molecule has 4 nitrogen and oxygen atoms in total. The van der Waals surface area contributed by atoms with Crippen LogP contribution in [-0.4, -0.2) is 37.6 Å². The highest BCUT2D eigenvalue weighted by atomic mass is 16.5. The maximum Gasteiger partial charge on any atom is 0.226 e. The molecule has 19 heavy (non-hydrogen) atoms. The van der Waals surface area contributed by atoms with Gasteiger partial charge in [0.15, 0.2) is 0 Å². The van der Waals surface area contributed by atoms with E-state index in [1.165, 1.54) is 0 Å². The topological polar surface area (TPSA) is 41.6 Å². The summed E-state index contributed by atoms with van der Waals surface area (Å²) >= 11 is 0. The summed E-state index contributed by atoms with van der Waals surface area (Å²) in [6.07, 6.45) is 0.133. The quantitative estimate of drug-likeness (QED) is 0.908. The Labute approximate surface area is 114 Å². The first kappa shape index (κ1) is 14.0. The number of hydrogen-bond donors (Lipinski definition) is 1. The number of hydrogen-bond acceptors (Lipinski definition) is 3. The zero-order valence-corrected chi connectivity index (χ0v) is 11.8. The molecule has 0 saturated carbocycles. The van der Waals surface area contributed by atoms with E-state index in [1.54, 1.807) is 0 Å². The third-order valence-corrected chi connectivity index (χ3v) is 3.34. The van der Waals surface area contributed by atoms with Crippen LogP contribution in [0.15, 0.2) is 24.3 Å². The molecule has 1 fully saturated rings. The van der Waals surface area contributed by atoms with E-state index in [-0.39, 0.29) is 17.9 Å². The first-order valence-corrected chi connectivity index (χ1v) is 6.77. The monoisotopic (exact) mass is 262 g/mol. The summed E-state index contributed by atoms with van der Waals surface area (Å²) in [7, 11) is 2.10. The van der Waals surface area contributed by atoms with E-state index in [0.29, 0.717) is 0 Å². The number of amides is 1. The van der Waals surface area contributed by atoms with Gasteiger partial charge in [0.05, 0.1) is 12.7 Å². The van der Waals surface area contributed by atoms with Gasteiger partial charge in [-0.15, -0.1) is 0 Å². The first-order valence-electron chi connectivity index (χ1n) is 6.77. The molecule has 1 saturated heterocycles. The summed E-state index contributed by atoms with van der Waals surface area (Å²) < 4.78 is 5.76. The van der Waals surface area contributed by atoms with Crippen molar-refractivity contribution in [2.24, 2.45) is 5.92 Å². The van der Waals surface area contributed by atoms with Crippen LogP contribution in [0.5, 0.6) is 0 Å². The maximum atomic E-state index is 11.6. The van der Waals surface area contributed by atoms with Crippen LogP contribution in [0.1, 0.15) is 25.5 Å². The number of benzene rings is 1. The Hall–Kier alpha value is -1.39. The van der Waals surface area contributed by atoms with Crippen molar-refractivity contribution in [3.63, 3.8) is 0 Å². The summed E-state index contributed by atoms with van der Waals surface area (Å²) in [5, 5.41) is 2.89. The largest absolute Gasteiger partial charge is 0.371 e. The van der Waals surface area contributed by atoms with Crippen LogP contribution in [0, 0.1) is 5.92 Å². The molecule has 0 radical (unpaired) electrons. The number of nitrogens with one attached hydrogen (secondary N) is 1. The van der Waals surface area contributed by atoms with Gasteiger partial charge in [0.25, 0.3) is 0 Å². The van der Waals surface area contributed by atoms with Crippen molar-refractivity contribution >= 4 is 11.6 Å². The molecular formula is C15H22N2O2. The molecule has 1 aromatic rings. The lowest BCUT2D eigenvalue weighted by Crippen LogP contribution is -2.35. The van der Waals surface area contributed by atoms with Crippen molar-refractivity contribution < 1.29 is 9.53 Å². The first-order chi connectivity index (χ1) is 9.06. The van der Waals surface area contributed by atoms with Crippen LogP contribution >= 0.6 is 0 Å². The molecule has 0 aliphatic carbocycles. The molecule has 1 atom stereocenters. The fraction of sp³-hybridized carbons (Fsp3) is 0.533. The zero-order valence-electron chi connectivity index (χ0n) is 11.8. The van der Waals surface area contributed by atoms with Gasteiger partial charge in [0.2, 0.25) is 5.91 Å². The molecule has 1 aliphatic heterocycles. The molecule has 0 bridgehead atoms. The van der Waals surface area contributed by atoms with Crippen LogP contribution < -0.4 is 5.32 Å². The van der Waals surface area contributed by atoms with Gasteiger partial charge in [-0.05, 0) is 24.7 Å². The van der Waals surface area contributed by atoms with Crippen molar-refractivity contribution in [3.05, 3.63) is 29.8 Å². The van der Waals surface area contributed by atoms with Gasteiger partial charge in [-0.3, -0.25) is 4.79 Å². The smallest absolute Gasteiger partial charge is 0.226 e. The minimum Gasteiger partial charge on any atom is -0.371 e. The predicted octanol–water partition coefficient (Wildman–Crippen LogP) is 2.28. The van der Waals surface area contributed by atoms with E-state index < -0.39 is 0 Å². The number of likely N-dealkylation sites (N-methyl/N-ethyl adjacent to an activating group) is 1. The van der Waals surface area contributed by atoms with Crippen molar-refractivity contribution in [2.45, 2.75) is 20.0 Å². The summed E-state index contributed by atoms with van der Waals surface area (Å²) in [4.78, 5) is 13.9. The van der Waals surface area contributed by atoms with E-state index >= 15 is 0 Å². The minimum atomic E-state index is -0.00463. The van der Waals surface area contributed by atoms with Crippen molar-refractivity contribution in [1.29, 1.82) is 0 Å². The standard InChI is InChI=1S/C15H22N2O2/c1-11(2)15(18)16-13-6-4-12(5-7-13)14-10-17(3)8-9-19-14/h4-7,11,14H,8-10H2,1-3H3,(H,16,18). The van der Waals surface area contributed by atoms with Crippen LogP contribution in [0.4, 0.5) is 5.69 Å². The third-order valence-electron chi connectivity index (χ3n) is 3.34. The molecule has 2 rings (SSSR count). The fourth-order valence-corrected chi connectivity index (χ4v) is 2.05. The summed E-state index contributed by atoms with van der Waals surface area (Å²) in [6.45, 7) is 6.44. The number of carbonyl (C=O) groups excluding carboxylic acids is 1. The van der Waals surface area contributed by atoms with Gasteiger partial charge in [-0.1, -0.05) is 26.0 Å². The second kappa shape index (κ2) is 6.17. The van der Waals surface area contributed by atoms with Gasteiger partial charge in [0, 0.05) is 24.7 Å². The van der Waals surface area contributed by atoms with E-state index in [0.717, 1.165) is 30.9 Å². The van der Waals surface area contributed by atoms with Crippen LogP contribution in [0.3, 0.4) is 0 Å². The second-order valence-electron chi connectivity index (χ2n) is 5.39. The molecule has 1 amide bonds. The second-order valence-corrected chi connectivity index (χ2v) is 5.39. The van der Waals surface area contributed by atoms with E-state index in [2.05, 4.69) is 17.3 Å². The molecule has 0 aromatic heterocycles. The Morgan fingerprint density at radius 3 is 2.63 bits per heavy atom. The zero-order chi connectivity index (χ0) is 13.8. The number of ether oxygens (including phenoxy) is 1. The number of anilines is 1. The number of morpholine rings is 1. The van der Waals surface area contributed by atoms with Crippen LogP contribution in [-0.2, 0) is 9.53 Å². The summed E-state index contributed by atoms with van der Waals surface area (Å²) in [5.41, 5.74) is 2.00. The maximum absolute atomic E-state index is 11.6. The van der Waals surface area contributed by atoms with Gasteiger partial charge in [-0.25, -0.2) is 0 Å². The number of rotatable bonds is 3. The van der Waals surface area contributed by atoms with Gasteiger partial charge >= 0.3 is 0 Å². The van der Waals surface area contributed by atoms with Gasteiger partial charge in [-0.2, -0.15) is 0 Å². The fourth-order valence-electron chi connectivity index (χ4n) is 2.05. The highest BCUT2D eigenvalue weighted by Gasteiger charge is 2.19. The van der Waals surface area contributed by atoms with Crippen molar-refractivity contribution in [3.8, 4) is 0 Å². The van der Waals surface area contributed by atoms with E-state index in [4.69, 9.17) is 4.74 Å². The number of carbonyl (C=O) groups is 1. The molecule has 1 aliphatic rings. The van der Waals surface area contributed by atoms with Crippen molar-refractivity contribution in [2.75, 3.05) is 32.1 Å². The molecule has 0 spiro atoms. The van der Waals surface area contributed by atoms with Gasteiger partial charge in [0.1, 0.15) is 0 Å². The van der Waals surface area contributed by atoms with E-state index in [9.17, 15) is 4.79 Å². The molecular weight excluding hydrogens is 240 g/mol. The minimum absolute atomic E-state index is 0.00463. The average molecular weight is 262 g/mol. The lowest BCUT2D eigenvalue weighted by atomic mass is 10.1. The average Bonchev–Trinajstić information content (AvgIpc) is 2.39. The van der Waals surface area contributed by atoms with E-state index in [1.807, 2.05) is 38.1 Å². The lowest BCUT2D eigenvalue weighted by molar-refractivity contribution is -0.118. The number of nitrogens with zero attached hydrogens (tertiary/aromatic N) is 1. The molecule has 1 N–H and O–H groups in total. The Morgan fingerprint density at radius 1 is 1.37 bits per heavy atom. The molecule has 104 valence electrons. The third kappa shape index (κ3) is 3.78. The lowest BCUT2D eigenvalue weighted by Gasteiger charge is -2.30. The van der Waals surface area contributed by atoms with Crippen LogP contribution in [0.25, 0.3) is 0 Å². The molecule has 1 heterocycles. The Bertz CT molecular complexity index is 428.